The zero-order valence-electron chi connectivity index (χ0n) is 10.1. The Labute approximate surface area is 102 Å². The first-order valence-electron chi connectivity index (χ1n) is 6.04. The zero-order chi connectivity index (χ0) is 11.5. The van der Waals surface area contributed by atoms with Crippen LogP contribution in [0.4, 0.5) is 0 Å². The fourth-order valence-electron chi connectivity index (χ4n) is 2.29. The second-order valence-electron chi connectivity index (χ2n) is 4.95. The molecule has 2 atom stereocenters. The van der Waals surface area contributed by atoms with Gasteiger partial charge < -0.3 is 10.6 Å². The summed E-state index contributed by atoms with van der Waals surface area (Å²) in [6.45, 7) is 4.44. The van der Waals surface area contributed by atoms with Crippen molar-refractivity contribution in [3.8, 4) is 0 Å². The Bertz CT molecular complexity index is 335. The molecule has 4 heteroatoms. The Morgan fingerprint density at radius 3 is 3.19 bits per heavy atom. The van der Waals surface area contributed by atoms with Crippen molar-refractivity contribution in [3.05, 3.63) is 16.1 Å². The highest BCUT2D eigenvalue weighted by molar-refractivity contribution is 7.11. The van der Waals surface area contributed by atoms with E-state index >= 15 is 0 Å². The lowest BCUT2D eigenvalue weighted by Gasteiger charge is -2.28. The minimum atomic E-state index is 0.238. The number of nitrogens with two attached hydrogens (primary N) is 1. The van der Waals surface area contributed by atoms with Crippen LogP contribution >= 0.6 is 11.3 Å². The Hall–Kier alpha value is -0.450. The molecule has 16 heavy (non-hydrogen) atoms. The third kappa shape index (κ3) is 3.03. The number of thiazole rings is 1. The van der Waals surface area contributed by atoms with Crippen LogP contribution in [0.5, 0.6) is 0 Å². The molecule has 1 aliphatic rings. The molecule has 2 unspecified atom stereocenters. The first-order valence-corrected chi connectivity index (χ1v) is 6.85. The standard InChI is InChI=1S/C12H21N3S/c1-9(13)6-11-7-14-12(16-11)10-4-3-5-15(2)8-10/h7,9-10H,3-6,8,13H2,1-2H3. The molecule has 0 saturated carbocycles. The van der Waals surface area contributed by atoms with Gasteiger partial charge in [-0.3, -0.25) is 0 Å². The van der Waals surface area contributed by atoms with E-state index in [4.69, 9.17) is 5.73 Å². The highest BCUT2D eigenvalue weighted by atomic mass is 32.1. The quantitative estimate of drug-likeness (QED) is 0.875. The third-order valence-electron chi connectivity index (χ3n) is 3.07. The van der Waals surface area contributed by atoms with Crippen molar-refractivity contribution >= 4 is 11.3 Å². The molecule has 1 aromatic rings. The summed E-state index contributed by atoms with van der Waals surface area (Å²) in [5, 5.41) is 1.31. The summed E-state index contributed by atoms with van der Waals surface area (Å²) in [6, 6.07) is 0.238. The van der Waals surface area contributed by atoms with Crippen LogP contribution in [0.15, 0.2) is 6.20 Å². The Morgan fingerprint density at radius 2 is 2.50 bits per heavy atom. The van der Waals surface area contributed by atoms with Gasteiger partial charge in [-0.15, -0.1) is 11.3 Å². The molecule has 0 aromatic carbocycles. The lowest BCUT2D eigenvalue weighted by Crippen LogP contribution is -2.30. The molecular weight excluding hydrogens is 218 g/mol. The van der Waals surface area contributed by atoms with E-state index in [0.717, 1.165) is 13.0 Å². The van der Waals surface area contributed by atoms with Crippen LogP contribution in [-0.2, 0) is 6.42 Å². The molecule has 0 radical (unpaired) electrons. The van der Waals surface area contributed by atoms with Crippen molar-refractivity contribution in [2.75, 3.05) is 20.1 Å². The largest absolute Gasteiger partial charge is 0.328 e. The summed E-state index contributed by atoms with van der Waals surface area (Å²) in [5.74, 6) is 0.644. The molecule has 1 fully saturated rings. The molecule has 0 bridgehead atoms. The summed E-state index contributed by atoms with van der Waals surface area (Å²) in [4.78, 5) is 8.30. The van der Waals surface area contributed by atoms with Gasteiger partial charge in [-0.1, -0.05) is 0 Å². The van der Waals surface area contributed by atoms with Crippen LogP contribution in [0.2, 0.25) is 0 Å². The van der Waals surface area contributed by atoms with Crippen molar-refractivity contribution in [3.63, 3.8) is 0 Å². The van der Waals surface area contributed by atoms with E-state index < -0.39 is 0 Å². The number of likely N-dealkylation sites (N-methyl/N-ethyl adjacent to an activating group) is 1. The summed E-state index contributed by atoms with van der Waals surface area (Å²) in [6.07, 6.45) is 5.55. The summed E-state index contributed by atoms with van der Waals surface area (Å²) >= 11 is 1.85. The predicted octanol–water partition coefficient (Wildman–Crippen LogP) is 1.84. The van der Waals surface area contributed by atoms with E-state index in [9.17, 15) is 0 Å². The second-order valence-corrected chi connectivity index (χ2v) is 6.09. The molecule has 0 aliphatic carbocycles. The lowest BCUT2D eigenvalue weighted by atomic mass is 9.99. The topological polar surface area (TPSA) is 42.1 Å². The first-order chi connectivity index (χ1) is 7.65. The van der Waals surface area contributed by atoms with Crippen LogP contribution in [0, 0.1) is 0 Å². The van der Waals surface area contributed by atoms with E-state index in [2.05, 4.69) is 16.9 Å². The normalized spacial score (nSPS) is 24.6. The summed E-state index contributed by atoms with van der Waals surface area (Å²) in [5.41, 5.74) is 5.80. The van der Waals surface area contributed by atoms with Crippen molar-refractivity contribution < 1.29 is 0 Å². The number of piperidine rings is 1. The van der Waals surface area contributed by atoms with Gasteiger partial charge in [0.2, 0.25) is 0 Å². The fourth-order valence-corrected chi connectivity index (χ4v) is 3.48. The molecule has 1 aliphatic heterocycles. The summed E-state index contributed by atoms with van der Waals surface area (Å²) in [7, 11) is 2.20. The SMILES string of the molecule is CC(N)Cc1cnc(C2CCCN(C)C2)s1. The minimum Gasteiger partial charge on any atom is -0.328 e. The number of nitrogens with zero attached hydrogens (tertiary/aromatic N) is 2. The van der Waals surface area contributed by atoms with Crippen molar-refractivity contribution in [1.29, 1.82) is 0 Å². The van der Waals surface area contributed by atoms with Gasteiger partial charge in [-0.05, 0) is 39.8 Å². The number of likely N-dealkylation sites (tertiary alicyclic amines) is 1. The molecule has 0 amide bonds. The molecular formula is C12H21N3S. The molecule has 3 nitrogen and oxygen atoms in total. The lowest BCUT2D eigenvalue weighted by molar-refractivity contribution is 0.250. The average Bonchev–Trinajstić information content (AvgIpc) is 2.65. The highest BCUT2D eigenvalue weighted by Crippen LogP contribution is 2.29. The Morgan fingerprint density at radius 1 is 1.69 bits per heavy atom. The third-order valence-corrected chi connectivity index (χ3v) is 4.25. The zero-order valence-corrected chi connectivity index (χ0v) is 11.0. The van der Waals surface area contributed by atoms with Crippen molar-refractivity contribution in [2.45, 2.75) is 38.1 Å². The van der Waals surface area contributed by atoms with E-state index in [0.29, 0.717) is 5.92 Å². The molecule has 1 aromatic heterocycles. The van der Waals surface area contributed by atoms with E-state index in [1.54, 1.807) is 0 Å². The monoisotopic (exact) mass is 239 g/mol. The smallest absolute Gasteiger partial charge is 0.0971 e. The molecule has 0 spiro atoms. The van der Waals surface area contributed by atoms with Crippen molar-refractivity contribution in [1.82, 2.24) is 9.88 Å². The van der Waals surface area contributed by atoms with E-state index in [-0.39, 0.29) is 6.04 Å². The Balaban J connectivity index is 2.00. The maximum absolute atomic E-state index is 5.80. The number of aromatic nitrogens is 1. The summed E-state index contributed by atoms with van der Waals surface area (Å²) < 4.78 is 0. The maximum Gasteiger partial charge on any atom is 0.0971 e. The minimum absolute atomic E-state index is 0.238. The van der Waals surface area contributed by atoms with Crippen LogP contribution in [0.25, 0.3) is 0 Å². The number of hydrogen-bond donors (Lipinski definition) is 1. The highest BCUT2D eigenvalue weighted by Gasteiger charge is 2.21. The molecule has 2 heterocycles. The Kier molecular flexibility index (Phi) is 3.95. The number of hydrogen-bond acceptors (Lipinski definition) is 4. The first kappa shape index (κ1) is 12.0. The van der Waals surface area contributed by atoms with Crippen LogP contribution in [0.1, 0.15) is 35.6 Å². The van der Waals surface area contributed by atoms with Gasteiger partial charge in [0, 0.05) is 29.6 Å². The van der Waals surface area contributed by atoms with E-state index in [1.165, 1.54) is 29.3 Å². The second kappa shape index (κ2) is 5.25. The van der Waals surface area contributed by atoms with Gasteiger partial charge >= 0.3 is 0 Å². The van der Waals surface area contributed by atoms with Gasteiger partial charge in [0.1, 0.15) is 0 Å². The van der Waals surface area contributed by atoms with Crippen LogP contribution in [0.3, 0.4) is 0 Å². The molecule has 90 valence electrons. The fraction of sp³-hybridized carbons (Fsp3) is 0.750. The number of rotatable bonds is 3. The molecule has 1 saturated heterocycles. The maximum atomic E-state index is 5.80. The van der Waals surface area contributed by atoms with Gasteiger partial charge in [0.25, 0.3) is 0 Å². The van der Waals surface area contributed by atoms with Crippen molar-refractivity contribution in [2.24, 2.45) is 5.73 Å². The van der Waals surface area contributed by atoms with E-state index in [1.807, 2.05) is 24.5 Å². The van der Waals surface area contributed by atoms with Crippen LogP contribution < -0.4 is 5.73 Å². The van der Waals surface area contributed by atoms with Crippen LogP contribution in [-0.4, -0.2) is 36.1 Å². The van der Waals surface area contributed by atoms with Gasteiger partial charge in [-0.2, -0.15) is 0 Å². The molecule has 2 rings (SSSR count). The van der Waals surface area contributed by atoms with Gasteiger partial charge in [0.05, 0.1) is 5.01 Å². The van der Waals surface area contributed by atoms with Gasteiger partial charge in [0.15, 0.2) is 0 Å². The molecule has 2 N–H and O–H groups in total. The predicted molar refractivity (Wildman–Crippen MR) is 68.9 cm³/mol. The van der Waals surface area contributed by atoms with Gasteiger partial charge in [-0.25, -0.2) is 4.98 Å². The average molecular weight is 239 g/mol.